The van der Waals surface area contributed by atoms with E-state index in [0.29, 0.717) is 13.2 Å². The highest BCUT2D eigenvalue weighted by atomic mass is 16.8. The molecule has 4 aliphatic rings. The van der Waals surface area contributed by atoms with Crippen molar-refractivity contribution in [2.45, 2.75) is 88.0 Å². The minimum absolute atomic E-state index is 0.0643. The molecule has 0 bridgehead atoms. The second-order valence-corrected chi connectivity index (χ2v) is 6.88. The number of rotatable bonds is 1. The van der Waals surface area contributed by atoms with Crippen LogP contribution < -0.4 is 0 Å². The van der Waals surface area contributed by atoms with Gasteiger partial charge in [0.15, 0.2) is 11.6 Å². The lowest BCUT2D eigenvalue weighted by Crippen LogP contribution is -2.39. The molecule has 2 spiro atoms. The van der Waals surface area contributed by atoms with E-state index in [1.807, 2.05) is 0 Å². The molecule has 2 aliphatic heterocycles. The highest BCUT2D eigenvalue weighted by molar-refractivity contribution is 4.90. The maximum absolute atomic E-state index is 6.28. The van der Waals surface area contributed by atoms with E-state index in [4.69, 9.17) is 18.9 Å². The van der Waals surface area contributed by atoms with Crippen molar-refractivity contribution in [1.29, 1.82) is 0 Å². The van der Waals surface area contributed by atoms with E-state index < -0.39 is 0 Å². The van der Waals surface area contributed by atoms with Crippen LogP contribution in [-0.2, 0) is 18.9 Å². The van der Waals surface area contributed by atoms with Crippen LogP contribution in [0.1, 0.15) is 64.2 Å². The molecule has 2 atom stereocenters. The van der Waals surface area contributed by atoms with Crippen LogP contribution in [0.2, 0.25) is 0 Å². The molecular formula is C16H26O4. The summed E-state index contributed by atoms with van der Waals surface area (Å²) in [5.74, 6) is -0.594. The first-order valence-corrected chi connectivity index (χ1v) is 8.43. The van der Waals surface area contributed by atoms with Crippen molar-refractivity contribution in [3.8, 4) is 0 Å². The molecule has 2 unspecified atom stereocenters. The molecule has 4 heteroatoms. The third-order valence-electron chi connectivity index (χ3n) is 5.40. The Balaban J connectivity index is 1.37. The monoisotopic (exact) mass is 282 g/mol. The predicted molar refractivity (Wildman–Crippen MR) is 73.3 cm³/mol. The quantitative estimate of drug-likeness (QED) is 0.740. The van der Waals surface area contributed by atoms with Crippen molar-refractivity contribution >= 4 is 0 Å². The molecule has 4 nitrogen and oxygen atoms in total. The van der Waals surface area contributed by atoms with Crippen LogP contribution in [0.25, 0.3) is 0 Å². The molecule has 2 aliphatic carbocycles. The fourth-order valence-corrected chi connectivity index (χ4v) is 4.23. The van der Waals surface area contributed by atoms with Gasteiger partial charge in [0.2, 0.25) is 0 Å². The molecule has 4 fully saturated rings. The van der Waals surface area contributed by atoms with Crippen LogP contribution in [0.5, 0.6) is 0 Å². The Hall–Kier alpha value is -0.160. The maximum atomic E-state index is 6.28. The second kappa shape index (κ2) is 5.24. The molecule has 4 rings (SSSR count). The van der Waals surface area contributed by atoms with Crippen LogP contribution in [0.15, 0.2) is 0 Å². The van der Waals surface area contributed by atoms with Crippen molar-refractivity contribution in [1.82, 2.24) is 0 Å². The summed E-state index contributed by atoms with van der Waals surface area (Å²) in [7, 11) is 0. The minimum atomic E-state index is -0.297. The van der Waals surface area contributed by atoms with Crippen LogP contribution in [0.3, 0.4) is 0 Å². The fourth-order valence-electron chi connectivity index (χ4n) is 4.23. The Morgan fingerprint density at radius 3 is 1.35 bits per heavy atom. The molecule has 0 amide bonds. The Morgan fingerprint density at radius 2 is 0.950 bits per heavy atom. The normalized spacial score (nSPS) is 39.6. The van der Waals surface area contributed by atoms with E-state index in [1.165, 1.54) is 38.5 Å². The topological polar surface area (TPSA) is 36.9 Å². The summed E-state index contributed by atoms with van der Waals surface area (Å²) >= 11 is 0. The molecular weight excluding hydrogens is 256 g/mol. The van der Waals surface area contributed by atoms with E-state index in [1.54, 1.807) is 0 Å². The minimum Gasteiger partial charge on any atom is -0.347 e. The van der Waals surface area contributed by atoms with Gasteiger partial charge in [-0.3, -0.25) is 0 Å². The van der Waals surface area contributed by atoms with E-state index >= 15 is 0 Å². The van der Waals surface area contributed by atoms with Gasteiger partial charge in [0, 0.05) is 25.7 Å². The van der Waals surface area contributed by atoms with Gasteiger partial charge in [-0.15, -0.1) is 0 Å². The highest BCUT2D eigenvalue weighted by Crippen LogP contribution is 2.43. The molecule has 0 radical (unpaired) electrons. The summed E-state index contributed by atoms with van der Waals surface area (Å²) in [6.45, 7) is 1.34. The number of ether oxygens (including phenoxy) is 4. The van der Waals surface area contributed by atoms with Crippen molar-refractivity contribution in [3.63, 3.8) is 0 Å². The lowest BCUT2D eigenvalue weighted by Gasteiger charge is -2.33. The van der Waals surface area contributed by atoms with E-state index in [2.05, 4.69) is 0 Å². The van der Waals surface area contributed by atoms with Crippen molar-refractivity contribution in [2.24, 2.45) is 0 Å². The van der Waals surface area contributed by atoms with Gasteiger partial charge >= 0.3 is 0 Å². The molecule has 0 aromatic rings. The van der Waals surface area contributed by atoms with Crippen LogP contribution >= 0.6 is 0 Å². The van der Waals surface area contributed by atoms with Crippen molar-refractivity contribution in [3.05, 3.63) is 0 Å². The Morgan fingerprint density at radius 1 is 0.550 bits per heavy atom. The lowest BCUT2D eigenvalue weighted by atomic mass is 9.94. The summed E-state index contributed by atoms with van der Waals surface area (Å²) in [5.41, 5.74) is 0. The standard InChI is InChI=1S/C16H26O4/c1-3-7-15(8-4-1)17-11-13(19-15)14-12-18-16(20-14)9-5-2-6-10-16/h13-14H,1-12H2. The molecule has 0 N–H and O–H groups in total. The van der Waals surface area contributed by atoms with Crippen LogP contribution in [0.4, 0.5) is 0 Å². The van der Waals surface area contributed by atoms with Gasteiger partial charge in [-0.2, -0.15) is 0 Å². The van der Waals surface area contributed by atoms with Gasteiger partial charge in [-0.1, -0.05) is 12.8 Å². The molecule has 0 aromatic heterocycles. The largest absolute Gasteiger partial charge is 0.347 e. The van der Waals surface area contributed by atoms with Crippen LogP contribution in [0, 0.1) is 0 Å². The summed E-state index contributed by atoms with van der Waals surface area (Å²) < 4.78 is 24.6. The first-order chi connectivity index (χ1) is 9.79. The third-order valence-corrected chi connectivity index (χ3v) is 5.40. The molecule has 0 aromatic carbocycles. The zero-order valence-electron chi connectivity index (χ0n) is 12.3. The molecule has 20 heavy (non-hydrogen) atoms. The molecule has 2 heterocycles. The zero-order valence-corrected chi connectivity index (χ0v) is 12.3. The van der Waals surface area contributed by atoms with Gasteiger partial charge in [-0.05, 0) is 25.7 Å². The Kier molecular flexibility index (Phi) is 3.53. The molecule has 2 saturated carbocycles. The first kappa shape index (κ1) is 13.5. The van der Waals surface area contributed by atoms with E-state index in [9.17, 15) is 0 Å². The predicted octanol–water partition coefficient (Wildman–Crippen LogP) is 3.14. The average molecular weight is 282 g/mol. The maximum Gasteiger partial charge on any atom is 0.169 e. The Labute approximate surface area is 121 Å². The van der Waals surface area contributed by atoms with Gasteiger partial charge in [0.1, 0.15) is 12.2 Å². The number of hydrogen-bond acceptors (Lipinski definition) is 4. The van der Waals surface area contributed by atoms with E-state index in [-0.39, 0.29) is 23.8 Å². The second-order valence-electron chi connectivity index (χ2n) is 6.88. The first-order valence-electron chi connectivity index (χ1n) is 8.43. The highest BCUT2D eigenvalue weighted by Gasteiger charge is 2.50. The summed E-state index contributed by atoms with van der Waals surface area (Å²) in [4.78, 5) is 0. The zero-order chi connectivity index (χ0) is 13.5. The molecule has 2 saturated heterocycles. The SMILES string of the molecule is C1CCC2(CC1)OCC(C1COC3(CCCCC3)O1)O2. The van der Waals surface area contributed by atoms with Gasteiger partial charge < -0.3 is 18.9 Å². The molecule has 114 valence electrons. The van der Waals surface area contributed by atoms with Gasteiger partial charge in [0.05, 0.1) is 13.2 Å². The lowest BCUT2D eigenvalue weighted by molar-refractivity contribution is -0.216. The fraction of sp³-hybridized carbons (Fsp3) is 1.00. The number of hydrogen-bond donors (Lipinski definition) is 0. The van der Waals surface area contributed by atoms with Gasteiger partial charge in [0.25, 0.3) is 0 Å². The van der Waals surface area contributed by atoms with Crippen LogP contribution in [-0.4, -0.2) is 37.0 Å². The summed E-state index contributed by atoms with van der Waals surface area (Å²) in [6, 6.07) is 0. The average Bonchev–Trinajstić information content (AvgIpc) is 3.07. The van der Waals surface area contributed by atoms with Crippen molar-refractivity contribution < 1.29 is 18.9 Å². The summed E-state index contributed by atoms with van der Waals surface area (Å²) in [5, 5.41) is 0. The smallest absolute Gasteiger partial charge is 0.169 e. The van der Waals surface area contributed by atoms with Crippen molar-refractivity contribution in [2.75, 3.05) is 13.2 Å². The summed E-state index contributed by atoms with van der Waals surface area (Å²) in [6.07, 6.45) is 11.8. The van der Waals surface area contributed by atoms with E-state index in [0.717, 1.165) is 25.7 Å². The third kappa shape index (κ3) is 2.41. The van der Waals surface area contributed by atoms with Gasteiger partial charge in [-0.25, -0.2) is 0 Å². The Bertz CT molecular complexity index is 310.